The third-order valence-electron chi connectivity index (χ3n) is 1.20. The first-order valence-electron chi connectivity index (χ1n) is 2.85. The van der Waals surface area contributed by atoms with Gasteiger partial charge in [0.1, 0.15) is 0 Å². The van der Waals surface area contributed by atoms with Crippen molar-refractivity contribution in [2.75, 3.05) is 27.2 Å². The first-order valence-corrected chi connectivity index (χ1v) is 2.85. The highest BCUT2D eigenvalue weighted by Gasteiger charge is 2.21. The van der Waals surface area contributed by atoms with Crippen LogP contribution in [0.25, 0.3) is 0 Å². The number of rotatable bonds is 4. The van der Waals surface area contributed by atoms with Crippen LogP contribution in [0.3, 0.4) is 0 Å². The van der Waals surface area contributed by atoms with Crippen LogP contribution < -0.4 is 10.6 Å². The number of likely N-dealkylation sites (N-methyl/N-ethyl adjacent to an activating group) is 2. The van der Waals surface area contributed by atoms with E-state index in [1.165, 1.54) is 0 Å². The molecule has 0 spiro atoms. The van der Waals surface area contributed by atoms with Gasteiger partial charge in [0.15, 0.2) is 5.72 Å². The van der Waals surface area contributed by atoms with Gasteiger partial charge in [-0.05, 0) is 14.1 Å². The third-order valence-corrected chi connectivity index (χ3v) is 1.20. The zero-order valence-corrected chi connectivity index (χ0v) is 5.81. The van der Waals surface area contributed by atoms with Crippen LogP contribution in [0, 0.1) is 0 Å². The van der Waals surface area contributed by atoms with Crippen molar-refractivity contribution in [1.29, 1.82) is 0 Å². The van der Waals surface area contributed by atoms with E-state index in [9.17, 15) is 5.11 Å². The Morgan fingerprint density at radius 3 is 2.11 bits per heavy atom. The van der Waals surface area contributed by atoms with E-state index >= 15 is 0 Å². The Balaban J connectivity index is 3.62. The van der Waals surface area contributed by atoms with Crippen molar-refractivity contribution in [3.05, 3.63) is 0 Å². The lowest BCUT2D eigenvalue weighted by Crippen LogP contribution is -2.53. The molecule has 4 heteroatoms. The molecule has 0 aliphatic carbocycles. The van der Waals surface area contributed by atoms with Gasteiger partial charge in [0.05, 0.1) is 6.61 Å². The quantitative estimate of drug-likeness (QED) is 0.339. The van der Waals surface area contributed by atoms with Crippen LogP contribution in [0.4, 0.5) is 0 Å². The number of hydrogen-bond donors (Lipinski definition) is 4. The second kappa shape index (κ2) is 3.79. The lowest BCUT2D eigenvalue weighted by molar-refractivity contribution is -0.0341. The Morgan fingerprint density at radius 2 is 2.00 bits per heavy atom. The second-order valence-electron chi connectivity index (χ2n) is 1.97. The second-order valence-corrected chi connectivity index (χ2v) is 1.97. The standard InChI is InChI=1S/C5H14N2O2/c1-6-3-5(9,4-8)7-2/h6-9H,3-4H2,1-2H3/t5-/m0/s1. The molecule has 56 valence electrons. The molecule has 0 radical (unpaired) electrons. The lowest BCUT2D eigenvalue weighted by atomic mass is 10.2. The molecule has 4 N–H and O–H groups in total. The summed E-state index contributed by atoms with van der Waals surface area (Å²) in [6.45, 7) is 0.0460. The zero-order valence-electron chi connectivity index (χ0n) is 5.81. The topological polar surface area (TPSA) is 64.5 Å². The first-order chi connectivity index (χ1) is 4.18. The van der Waals surface area contributed by atoms with Crippen LogP contribution in [0.1, 0.15) is 0 Å². The Hall–Kier alpha value is -0.160. The highest BCUT2D eigenvalue weighted by Crippen LogP contribution is 1.92. The Morgan fingerprint density at radius 1 is 1.44 bits per heavy atom. The molecule has 0 heterocycles. The van der Waals surface area contributed by atoms with Gasteiger partial charge in [-0.1, -0.05) is 0 Å². The summed E-state index contributed by atoms with van der Waals surface area (Å²) in [6, 6.07) is 0. The summed E-state index contributed by atoms with van der Waals surface area (Å²) in [5, 5.41) is 23.1. The fourth-order valence-electron chi connectivity index (χ4n) is 0.516. The van der Waals surface area contributed by atoms with Gasteiger partial charge in [-0.3, -0.25) is 5.32 Å². The summed E-state index contributed by atoms with van der Waals surface area (Å²) in [7, 11) is 3.30. The van der Waals surface area contributed by atoms with Gasteiger partial charge < -0.3 is 15.5 Å². The maximum absolute atomic E-state index is 9.21. The van der Waals surface area contributed by atoms with E-state index in [2.05, 4.69) is 10.6 Å². The van der Waals surface area contributed by atoms with Crippen molar-refractivity contribution >= 4 is 0 Å². The minimum Gasteiger partial charge on any atom is -0.392 e. The summed E-state index contributed by atoms with van der Waals surface area (Å²) in [5.74, 6) is 0. The van der Waals surface area contributed by atoms with Crippen LogP contribution >= 0.6 is 0 Å². The van der Waals surface area contributed by atoms with Crippen LogP contribution in [0.5, 0.6) is 0 Å². The molecule has 0 aliphatic heterocycles. The van der Waals surface area contributed by atoms with E-state index in [-0.39, 0.29) is 6.61 Å². The molecule has 0 amide bonds. The molecule has 4 nitrogen and oxygen atoms in total. The molecule has 0 aromatic carbocycles. The number of nitrogens with one attached hydrogen (secondary N) is 2. The molecule has 0 aliphatic rings. The SMILES string of the molecule is CNC[C@](O)(CO)NC. The van der Waals surface area contributed by atoms with Gasteiger partial charge in [0, 0.05) is 6.54 Å². The fraction of sp³-hybridized carbons (Fsp3) is 1.00. The van der Waals surface area contributed by atoms with E-state index in [0.29, 0.717) is 6.54 Å². The number of aliphatic hydroxyl groups excluding tert-OH is 1. The molecule has 9 heavy (non-hydrogen) atoms. The van der Waals surface area contributed by atoms with Crippen molar-refractivity contribution in [2.45, 2.75) is 5.72 Å². The van der Waals surface area contributed by atoms with Crippen molar-refractivity contribution in [2.24, 2.45) is 0 Å². The zero-order chi connectivity index (χ0) is 7.33. The first kappa shape index (κ1) is 8.84. The van der Waals surface area contributed by atoms with Crippen LogP contribution in [-0.2, 0) is 0 Å². The van der Waals surface area contributed by atoms with E-state index in [0.717, 1.165) is 0 Å². The predicted molar refractivity (Wildman–Crippen MR) is 35.0 cm³/mol. The molecule has 0 aromatic heterocycles. The smallest absolute Gasteiger partial charge is 0.151 e. The molecule has 0 saturated heterocycles. The Labute approximate surface area is 54.9 Å². The van der Waals surface area contributed by atoms with E-state index < -0.39 is 5.72 Å². The average molecular weight is 134 g/mol. The van der Waals surface area contributed by atoms with Crippen molar-refractivity contribution in [1.82, 2.24) is 10.6 Å². The van der Waals surface area contributed by atoms with Gasteiger partial charge in [0.2, 0.25) is 0 Å². The fourth-order valence-corrected chi connectivity index (χ4v) is 0.516. The van der Waals surface area contributed by atoms with E-state index in [4.69, 9.17) is 5.11 Å². The van der Waals surface area contributed by atoms with E-state index in [1.54, 1.807) is 14.1 Å². The van der Waals surface area contributed by atoms with Gasteiger partial charge >= 0.3 is 0 Å². The summed E-state index contributed by atoms with van der Waals surface area (Å²) in [6.07, 6.45) is 0. The van der Waals surface area contributed by atoms with Gasteiger partial charge in [-0.25, -0.2) is 0 Å². The Bertz CT molecular complexity index is 73.4. The number of hydrogen-bond acceptors (Lipinski definition) is 4. The summed E-state index contributed by atoms with van der Waals surface area (Å²) < 4.78 is 0. The molecular formula is C5H14N2O2. The maximum atomic E-state index is 9.21. The highest BCUT2D eigenvalue weighted by molar-refractivity contribution is 4.73. The minimum atomic E-state index is -1.17. The molecule has 1 atom stereocenters. The molecule has 0 fully saturated rings. The van der Waals surface area contributed by atoms with Gasteiger partial charge in [-0.2, -0.15) is 0 Å². The normalized spacial score (nSPS) is 17.3. The molecule has 0 bridgehead atoms. The third kappa shape index (κ3) is 2.76. The van der Waals surface area contributed by atoms with Crippen molar-refractivity contribution in [3.63, 3.8) is 0 Å². The predicted octanol–water partition coefficient (Wildman–Crippen LogP) is -1.89. The van der Waals surface area contributed by atoms with Gasteiger partial charge in [0.25, 0.3) is 0 Å². The van der Waals surface area contributed by atoms with Gasteiger partial charge in [-0.15, -0.1) is 0 Å². The maximum Gasteiger partial charge on any atom is 0.151 e. The van der Waals surface area contributed by atoms with E-state index in [1.807, 2.05) is 0 Å². The van der Waals surface area contributed by atoms with Crippen LogP contribution in [0.2, 0.25) is 0 Å². The summed E-state index contributed by atoms with van der Waals surface area (Å²) in [5.41, 5.74) is -1.17. The Kier molecular flexibility index (Phi) is 3.72. The van der Waals surface area contributed by atoms with Crippen molar-refractivity contribution < 1.29 is 10.2 Å². The molecular weight excluding hydrogens is 120 g/mol. The molecule has 0 saturated carbocycles. The minimum absolute atomic E-state index is 0.287. The molecule has 0 aromatic rings. The molecule has 0 rings (SSSR count). The van der Waals surface area contributed by atoms with Crippen LogP contribution in [-0.4, -0.2) is 43.2 Å². The lowest BCUT2D eigenvalue weighted by Gasteiger charge is -2.24. The monoisotopic (exact) mass is 134 g/mol. The summed E-state index contributed by atoms with van der Waals surface area (Å²) in [4.78, 5) is 0. The molecule has 0 unspecified atom stereocenters. The average Bonchev–Trinajstić information content (AvgIpc) is 1.89. The largest absolute Gasteiger partial charge is 0.392 e. The summed E-state index contributed by atoms with van der Waals surface area (Å²) >= 11 is 0. The number of aliphatic hydroxyl groups is 2. The highest BCUT2D eigenvalue weighted by atomic mass is 16.3. The van der Waals surface area contributed by atoms with Crippen molar-refractivity contribution in [3.8, 4) is 0 Å². The van der Waals surface area contributed by atoms with Crippen LogP contribution in [0.15, 0.2) is 0 Å².